The number of ketones is 2. The molecule has 0 atom stereocenters. The monoisotopic (exact) mass is 1040 g/mol. The number of ether oxygens (including phenoxy) is 4. The van der Waals surface area contributed by atoms with Crippen molar-refractivity contribution in [3.63, 3.8) is 0 Å². The van der Waals surface area contributed by atoms with Crippen LogP contribution >= 0.6 is 90.4 Å². The van der Waals surface area contributed by atoms with Gasteiger partial charge in [-0.2, -0.15) is 0 Å². The molecule has 14 heteroatoms. The number of benzene rings is 2. The zero-order chi connectivity index (χ0) is 29.9. The smallest absolute Gasteiger partial charge is 0.310 e. The molecule has 2 aromatic rings. The molecule has 0 heterocycles. The summed E-state index contributed by atoms with van der Waals surface area (Å²) in [6.07, 6.45) is 0. The molecule has 0 saturated carbocycles. The van der Waals surface area contributed by atoms with E-state index in [0.29, 0.717) is 29.8 Å². The molecular formula is C28H40I4O10. The minimum absolute atomic E-state index is 0. The van der Waals surface area contributed by atoms with Gasteiger partial charge in [0.05, 0.1) is 39.6 Å². The minimum atomic E-state index is -0.562. The van der Waals surface area contributed by atoms with Gasteiger partial charge < -0.3 is 24.1 Å². The number of carbonyl (C=O) groups excluding carboxylic acids is 5. The van der Waals surface area contributed by atoms with Crippen molar-refractivity contribution in [1.29, 1.82) is 0 Å². The Labute approximate surface area is 303 Å². The Balaban J connectivity index is -0.000000167. The van der Waals surface area contributed by atoms with Gasteiger partial charge >= 0.3 is 17.9 Å². The predicted molar refractivity (Wildman–Crippen MR) is 199 cm³/mol. The summed E-state index contributed by atoms with van der Waals surface area (Å²) in [5.74, 6) is -0.422. The molecule has 0 aliphatic carbocycles. The highest BCUT2D eigenvalue weighted by molar-refractivity contribution is 14.1. The topological polar surface area (TPSA) is 143 Å². The molecule has 2 rings (SSSR count). The van der Waals surface area contributed by atoms with E-state index in [0.717, 1.165) is 7.14 Å². The van der Waals surface area contributed by atoms with Crippen LogP contribution in [0.1, 0.15) is 85.0 Å². The van der Waals surface area contributed by atoms with E-state index in [4.69, 9.17) is 14.2 Å². The standard InChI is InChI=1S/C11H10I2O4.C9H8I2O3.C4H6O3.4CH4/c1-5(14)7-4-8(12)11(16-3)9(13)10(7)17-6(2)15;1-4(12)5-3-6(10)9(14-2)7(11)8(5)13;1-3(5)7-4(2)6;;;;/h4H,1-3H3;3,13H,1-2H3;1-2H3;4*1H4. The SMILES string of the molecule is C.C.C.C.CC(=O)OC(C)=O.COc1c(I)cc(C(C)=O)c(O)c1I.COc1c(I)cc(C(C)=O)c(OC(C)=O)c1I. The molecule has 1 N–H and O–H groups in total. The number of methoxy groups -OCH3 is 2. The highest BCUT2D eigenvalue weighted by Gasteiger charge is 2.21. The molecular weight excluding hydrogens is 1000 g/mol. The Morgan fingerprint density at radius 2 is 0.952 bits per heavy atom. The zero-order valence-electron chi connectivity index (χ0n) is 21.3. The Morgan fingerprint density at radius 3 is 1.24 bits per heavy atom. The maximum absolute atomic E-state index is 11.5. The van der Waals surface area contributed by atoms with Crippen molar-refractivity contribution in [2.24, 2.45) is 0 Å². The molecule has 0 bridgehead atoms. The average molecular weight is 1040 g/mol. The fourth-order valence-corrected chi connectivity index (χ4v) is 6.87. The first-order chi connectivity index (χ1) is 17.5. The number of aromatic hydroxyl groups is 1. The normalized spacial score (nSPS) is 8.64. The van der Waals surface area contributed by atoms with E-state index in [1.807, 2.05) is 45.2 Å². The Bertz CT molecular complexity index is 1230. The second kappa shape index (κ2) is 24.1. The van der Waals surface area contributed by atoms with Crippen LogP contribution in [0.15, 0.2) is 12.1 Å². The van der Waals surface area contributed by atoms with Gasteiger partial charge in [0.1, 0.15) is 17.2 Å². The number of phenolic OH excluding ortho intramolecular Hbond substituents is 1. The first-order valence-electron chi connectivity index (χ1n) is 10.2. The van der Waals surface area contributed by atoms with Crippen molar-refractivity contribution in [3.05, 3.63) is 37.5 Å². The van der Waals surface area contributed by atoms with E-state index in [1.54, 1.807) is 12.1 Å². The summed E-state index contributed by atoms with van der Waals surface area (Å²) >= 11 is 8.10. The van der Waals surface area contributed by atoms with Gasteiger partial charge in [-0.15, -0.1) is 0 Å². The van der Waals surface area contributed by atoms with Crippen LogP contribution in [-0.4, -0.2) is 48.8 Å². The van der Waals surface area contributed by atoms with Crippen LogP contribution < -0.4 is 14.2 Å². The second-order valence-electron chi connectivity index (χ2n) is 6.98. The highest BCUT2D eigenvalue weighted by Crippen LogP contribution is 2.38. The van der Waals surface area contributed by atoms with Crippen LogP contribution in [0.5, 0.6) is 23.0 Å². The second-order valence-corrected chi connectivity index (χ2v) is 11.5. The van der Waals surface area contributed by atoms with Crippen molar-refractivity contribution in [2.75, 3.05) is 14.2 Å². The minimum Gasteiger partial charge on any atom is -0.506 e. The Kier molecular flexibility index (Phi) is 28.9. The molecule has 0 aromatic heterocycles. The number of rotatable bonds is 5. The first-order valence-corrected chi connectivity index (χ1v) is 14.5. The molecule has 0 amide bonds. The number of esters is 3. The molecule has 0 unspecified atom stereocenters. The van der Waals surface area contributed by atoms with Gasteiger partial charge in [0, 0.05) is 20.8 Å². The van der Waals surface area contributed by atoms with Crippen LogP contribution in [0.2, 0.25) is 0 Å². The van der Waals surface area contributed by atoms with Crippen molar-refractivity contribution in [1.82, 2.24) is 0 Å². The maximum Gasteiger partial charge on any atom is 0.310 e. The molecule has 0 saturated heterocycles. The van der Waals surface area contributed by atoms with Gasteiger partial charge in [0.15, 0.2) is 17.3 Å². The van der Waals surface area contributed by atoms with E-state index in [2.05, 4.69) is 49.9 Å². The summed E-state index contributed by atoms with van der Waals surface area (Å²) in [6, 6.07) is 3.28. The third kappa shape index (κ3) is 16.0. The van der Waals surface area contributed by atoms with Crippen LogP contribution in [-0.2, 0) is 19.1 Å². The summed E-state index contributed by atoms with van der Waals surface area (Å²) in [5, 5.41) is 9.69. The van der Waals surface area contributed by atoms with Gasteiger partial charge in [-0.25, -0.2) is 0 Å². The lowest BCUT2D eigenvalue weighted by atomic mass is 10.1. The lowest BCUT2D eigenvalue weighted by molar-refractivity contribution is -0.156. The number of Topliss-reactive ketones (excluding diaryl/α,β-unsaturated/α-hetero) is 2. The quantitative estimate of drug-likeness (QED) is 0.102. The van der Waals surface area contributed by atoms with Gasteiger partial charge in [-0.3, -0.25) is 24.0 Å². The Hall–Kier alpha value is -1.29. The predicted octanol–water partition coefficient (Wildman–Crippen LogP) is 8.49. The largest absolute Gasteiger partial charge is 0.506 e. The van der Waals surface area contributed by atoms with Crippen molar-refractivity contribution >= 4 is 120 Å². The van der Waals surface area contributed by atoms with Crippen LogP contribution in [0.4, 0.5) is 0 Å². The Morgan fingerprint density at radius 1 is 0.595 bits per heavy atom. The summed E-state index contributed by atoms with van der Waals surface area (Å²) in [4.78, 5) is 53.3. The molecule has 42 heavy (non-hydrogen) atoms. The molecule has 0 aliphatic rings. The van der Waals surface area contributed by atoms with Crippen LogP contribution in [0.3, 0.4) is 0 Å². The first kappa shape index (κ1) is 50.3. The van der Waals surface area contributed by atoms with Crippen molar-refractivity contribution in [3.8, 4) is 23.0 Å². The van der Waals surface area contributed by atoms with Crippen LogP contribution in [0, 0.1) is 14.3 Å². The molecule has 10 nitrogen and oxygen atoms in total. The lowest BCUT2D eigenvalue weighted by Crippen LogP contribution is -2.09. The third-order valence-electron chi connectivity index (χ3n) is 3.98. The average Bonchev–Trinajstić information content (AvgIpc) is 2.78. The van der Waals surface area contributed by atoms with Gasteiger partial charge in [-0.1, -0.05) is 29.7 Å². The van der Waals surface area contributed by atoms with Gasteiger partial charge in [0.25, 0.3) is 0 Å². The van der Waals surface area contributed by atoms with Crippen LogP contribution in [0.25, 0.3) is 0 Å². The van der Waals surface area contributed by atoms with E-state index in [-0.39, 0.29) is 52.8 Å². The van der Waals surface area contributed by atoms with E-state index in [9.17, 15) is 29.1 Å². The van der Waals surface area contributed by atoms with E-state index < -0.39 is 17.9 Å². The van der Waals surface area contributed by atoms with Crippen molar-refractivity contribution < 1.29 is 48.0 Å². The van der Waals surface area contributed by atoms with E-state index in [1.165, 1.54) is 48.8 Å². The number of halogens is 4. The maximum atomic E-state index is 11.5. The fourth-order valence-electron chi connectivity index (χ4n) is 2.53. The summed E-state index contributed by atoms with van der Waals surface area (Å²) < 4.78 is 22.2. The number of phenols is 1. The van der Waals surface area contributed by atoms with E-state index >= 15 is 0 Å². The molecule has 2 aromatic carbocycles. The fraction of sp³-hybridized carbons (Fsp3) is 0.393. The molecule has 0 fully saturated rings. The van der Waals surface area contributed by atoms with Gasteiger partial charge in [0.2, 0.25) is 0 Å². The summed E-state index contributed by atoms with van der Waals surface area (Å²) in [5.41, 5.74) is 0.717. The summed E-state index contributed by atoms with van der Waals surface area (Å²) in [7, 11) is 3.07. The van der Waals surface area contributed by atoms with Crippen molar-refractivity contribution in [2.45, 2.75) is 64.3 Å². The lowest BCUT2D eigenvalue weighted by Gasteiger charge is -2.13. The summed E-state index contributed by atoms with van der Waals surface area (Å²) in [6.45, 7) is 6.52. The molecule has 0 radical (unpaired) electrons. The number of carbonyl (C=O) groups is 5. The zero-order valence-corrected chi connectivity index (χ0v) is 29.9. The number of hydrogen-bond donors (Lipinski definition) is 1. The molecule has 0 spiro atoms. The molecule has 240 valence electrons. The highest BCUT2D eigenvalue weighted by atomic mass is 127. The molecule has 0 aliphatic heterocycles. The number of hydrogen-bond acceptors (Lipinski definition) is 10. The van der Waals surface area contributed by atoms with Gasteiger partial charge in [-0.05, 0) is 116 Å². The third-order valence-corrected chi connectivity index (χ3v) is 7.56.